The molecule has 0 aliphatic carbocycles. The summed E-state index contributed by atoms with van der Waals surface area (Å²) in [6.07, 6.45) is 28.4. The van der Waals surface area contributed by atoms with Gasteiger partial charge in [0.25, 0.3) is 0 Å². The molecule has 0 aromatic heterocycles. The molecule has 0 saturated carbocycles. The molecule has 1 amide bonds. The number of rotatable bonds is 45. The topological polar surface area (TPSA) is 191 Å². The molecule has 0 radical (unpaired) electrons. The Morgan fingerprint density at radius 1 is 0.390 bits per heavy atom. The van der Waals surface area contributed by atoms with E-state index < -0.39 is 42.0 Å². The van der Waals surface area contributed by atoms with Gasteiger partial charge in [-0.2, -0.15) is 0 Å². The Bertz CT molecular complexity index is 1440. The first-order valence-corrected chi connectivity index (χ1v) is 31.0. The van der Waals surface area contributed by atoms with Crippen LogP contribution in [0.4, 0.5) is 4.79 Å². The van der Waals surface area contributed by atoms with Crippen molar-refractivity contribution in [2.24, 2.45) is 11.8 Å². The molecule has 16 nitrogen and oxygen atoms in total. The number of unbranched alkanes of at least 4 members (excludes halogenated alkanes) is 20. The maximum Gasteiger partial charge on any atom is 0.410 e. The van der Waals surface area contributed by atoms with Gasteiger partial charge in [0.1, 0.15) is 19.3 Å². The van der Waals surface area contributed by atoms with Gasteiger partial charge in [0.2, 0.25) is 0 Å². The molecule has 2 fully saturated rings. The Morgan fingerprint density at radius 2 is 0.727 bits per heavy atom. The molecule has 0 bridgehead atoms. The van der Waals surface area contributed by atoms with Crippen LogP contribution in [0.5, 0.6) is 0 Å². The molecular weight excluding hydrogens is 985 g/mol. The summed E-state index contributed by atoms with van der Waals surface area (Å²) in [6, 6.07) is -1.18. The van der Waals surface area contributed by atoms with Crippen LogP contribution in [-0.2, 0) is 61.9 Å². The zero-order chi connectivity index (χ0) is 56.1. The van der Waals surface area contributed by atoms with Crippen LogP contribution in [0.3, 0.4) is 0 Å². The predicted octanol–water partition coefficient (Wildman–Crippen LogP) is 13.1. The Labute approximate surface area is 465 Å². The Hall–Kier alpha value is -3.95. The summed E-state index contributed by atoms with van der Waals surface area (Å²) >= 11 is 0. The molecule has 446 valence electrons. The highest BCUT2D eigenvalue weighted by atomic mass is 16.6. The van der Waals surface area contributed by atoms with Gasteiger partial charge in [0.15, 0.2) is 0 Å². The van der Waals surface area contributed by atoms with E-state index in [2.05, 4.69) is 32.6 Å². The van der Waals surface area contributed by atoms with E-state index in [1.54, 1.807) is 4.90 Å². The fourth-order valence-corrected chi connectivity index (χ4v) is 9.95. The molecule has 77 heavy (non-hydrogen) atoms. The van der Waals surface area contributed by atoms with Crippen LogP contribution in [0.1, 0.15) is 259 Å². The minimum absolute atomic E-state index is 0.107. The SMILES string of the molecule is CCCCCCCCC(=O)OCC(COC(=O)CCCCCCCC)CC(=O)OC[C@@H]1CCC[C@@H](COC(=O)CC(COC(=O)CCCCCCCC)COC(=O)CCCCCCCC)N1C(=O)OC1CCCN(C)CC1. The first-order valence-electron chi connectivity index (χ1n) is 31.0. The highest BCUT2D eigenvalue weighted by Crippen LogP contribution is 2.27. The summed E-state index contributed by atoms with van der Waals surface area (Å²) in [4.78, 5) is 96.5. The zero-order valence-corrected chi connectivity index (χ0v) is 49.1. The average molecular weight is 1090 g/mol. The molecule has 2 aliphatic heterocycles. The molecule has 3 atom stereocenters. The van der Waals surface area contributed by atoms with Crippen LogP contribution in [0, 0.1) is 11.8 Å². The summed E-state index contributed by atoms with van der Waals surface area (Å²) in [5.74, 6) is -3.88. The highest BCUT2D eigenvalue weighted by molar-refractivity contribution is 5.73. The van der Waals surface area contributed by atoms with E-state index in [1.807, 2.05) is 7.05 Å². The average Bonchev–Trinajstić information content (AvgIpc) is 3.63. The molecule has 0 spiro atoms. The monoisotopic (exact) mass is 1090 g/mol. The van der Waals surface area contributed by atoms with E-state index in [4.69, 9.17) is 33.2 Å². The normalized spacial score (nSPS) is 16.9. The van der Waals surface area contributed by atoms with Crippen LogP contribution >= 0.6 is 0 Å². The van der Waals surface area contributed by atoms with Crippen molar-refractivity contribution >= 4 is 41.9 Å². The molecule has 2 saturated heterocycles. The molecule has 0 N–H and O–H groups in total. The van der Waals surface area contributed by atoms with E-state index in [0.29, 0.717) is 57.8 Å². The molecule has 1 unspecified atom stereocenters. The van der Waals surface area contributed by atoms with E-state index in [-0.39, 0.29) is 108 Å². The summed E-state index contributed by atoms with van der Waals surface area (Å²) < 4.78 is 40.5. The number of piperidine rings is 1. The first-order chi connectivity index (χ1) is 37.4. The van der Waals surface area contributed by atoms with E-state index in [0.717, 1.165) is 122 Å². The summed E-state index contributed by atoms with van der Waals surface area (Å²) in [7, 11) is 2.04. The highest BCUT2D eigenvalue weighted by Gasteiger charge is 2.38. The lowest BCUT2D eigenvalue weighted by Crippen LogP contribution is -2.54. The molecule has 0 aromatic carbocycles. The maximum atomic E-state index is 14.3. The number of nitrogens with zero attached hydrogens (tertiary/aromatic N) is 2. The number of hydrogen-bond acceptors (Lipinski definition) is 15. The van der Waals surface area contributed by atoms with Crippen molar-refractivity contribution in [3.63, 3.8) is 0 Å². The van der Waals surface area contributed by atoms with Crippen molar-refractivity contribution in [1.29, 1.82) is 0 Å². The van der Waals surface area contributed by atoms with Crippen molar-refractivity contribution in [1.82, 2.24) is 9.80 Å². The summed E-state index contributed by atoms with van der Waals surface area (Å²) in [6.45, 7) is 9.58. The lowest BCUT2D eigenvalue weighted by molar-refractivity contribution is -0.157. The third-order valence-electron chi connectivity index (χ3n) is 14.9. The van der Waals surface area contributed by atoms with Gasteiger partial charge >= 0.3 is 41.9 Å². The van der Waals surface area contributed by atoms with E-state index in [9.17, 15) is 33.6 Å². The number of likely N-dealkylation sites (tertiary alicyclic amines) is 2. The van der Waals surface area contributed by atoms with Gasteiger partial charge in [-0.3, -0.25) is 33.7 Å². The predicted molar refractivity (Wildman–Crippen MR) is 299 cm³/mol. The Kier molecular flexibility index (Phi) is 41.2. The molecular formula is C61H108N2O14. The first kappa shape index (κ1) is 69.2. The zero-order valence-electron chi connectivity index (χ0n) is 49.1. The molecule has 2 aliphatic rings. The molecule has 16 heteroatoms. The van der Waals surface area contributed by atoms with Crippen LogP contribution < -0.4 is 0 Å². The third kappa shape index (κ3) is 36.0. The van der Waals surface area contributed by atoms with Crippen LogP contribution in [0.15, 0.2) is 0 Å². The number of carbonyl (C=O) groups is 7. The summed E-state index contributed by atoms with van der Waals surface area (Å²) in [5, 5.41) is 0. The van der Waals surface area contributed by atoms with Gasteiger partial charge < -0.3 is 38.1 Å². The van der Waals surface area contributed by atoms with E-state index in [1.165, 1.54) is 25.7 Å². The van der Waals surface area contributed by atoms with Gasteiger partial charge in [-0.1, -0.05) is 156 Å². The van der Waals surface area contributed by atoms with Crippen LogP contribution in [0.25, 0.3) is 0 Å². The number of carbonyl (C=O) groups excluding carboxylic acids is 7. The quantitative estimate of drug-likeness (QED) is 0.0318. The van der Waals surface area contributed by atoms with Crippen LogP contribution in [0.2, 0.25) is 0 Å². The van der Waals surface area contributed by atoms with Crippen molar-refractivity contribution in [3.8, 4) is 0 Å². The smallest absolute Gasteiger partial charge is 0.410 e. The van der Waals surface area contributed by atoms with Gasteiger partial charge in [0.05, 0.1) is 51.4 Å². The second-order valence-electron chi connectivity index (χ2n) is 22.2. The van der Waals surface area contributed by atoms with Crippen molar-refractivity contribution in [2.45, 2.75) is 277 Å². The number of hydrogen-bond donors (Lipinski definition) is 0. The van der Waals surface area contributed by atoms with E-state index >= 15 is 0 Å². The fraction of sp³-hybridized carbons (Fsp3) is 0.885. The molecule has 2 heterocycles. The lowest BCUT2D eigenvalue weighted by Gasteiger charge is -2.41. The number of amides is 1. The second kappa shape index (κ2) is 45.9. The Balaban J connectivity index is 2.16. The van der Waals surface area contributed by atoms with Crippen molar-refractivity contribution in [3.05, 3.63) is 0 Å². The Morgan fingerprint density at radius 3 is 1.08 bits per heavy atom. The van der Waals surface area contributed by atoms with Gasteiger partial charge in [-0.15, -0.1) is 0 Å². The maximum absolute atomic E-state index is 14.3. The molecule has 2 rings (SSSR count). The number of ether oxygens (including phenoxy) is 7. The fourth-order valence-electron chi connectivity index (χ4n) is 9.95. The second-order valence-corrected chi connectivity index (χ2v) is 22.2. The third-order valence-corrected chi connectivity index (χ3v) is 14.9. The van der Waals surface area contributed by atoms with Crippen molar-refractivity contribution < 1.29 is 66.7 Å². The largest absolute Gasteiger partial charge is 0.465 e. The standard InChI is InChI=1S/C61H108N2O14/c1-6-10-14-18-22-26-35-55(64)71-44-50(45-72-56(65)36-27-23-19-15-11-7-2)42-59(68)75-48-52-32-30-33-53(63(52)61(70)77-54-34-31-40-62(5)41-39-54)49-76-60(69)43-51(46-73-57(66)37-28-24-20-16-12-8-3)47-74-58(67)38-29-25-21-17-13-9-4/h50-54H,6-49H2,1-5H3/t52-,53-,54?/m0/s1. The molecule has 0 aromatic rings. The van der Waals surface area contributed by atoms with Gasteiger partial charge in [0, 0.05) is 44.1 Å². The van der Waals surface area contributed by atoms with Crippen LogP contribution in [-0.4, -0.2) is 130 Å². The van der Waals surface area contributed by atoms with Crippen molar-refractivity contribution in [2.75, 3.05) is 59.8 Å². The minimum atomic E-state index is -0.631. The minimum Gasteiger partial charge on any atom is -0.465 e. The van der Waals surface area contributed by atoms with Gasteiger partial charge in [-0.05, 0) is 77.8 Å². The summed E-state index contributed by atoms with van der Waals surface area (Å²) in [5.41, 5.74) is 0. The number of esters is 6. The van der Waals surface area contributed by atoms with Gasteiger partial charge in [-0.25, -0.2) is 4.79 Å². The lowest BCUT2D eigenvalue weighted by atomic mass is 9.96.